The lowest BCUT2D eigenvalue weighted by Gasteiger charge is -2.26. The Bertz CT molecular complexity index is 336. The molecular formula is C11H17N3O2. The molecule has 0 atom stereocenters. The number of aliphatic carboxylic acids is 1. The van der Waals surface area contributed by atoms with Crippen molar-refractivity contribution in [3.05, 3.63) is 18.5 Å². The summed E-state index contributed by atoms with van der Waals surface area (Å²) in [6.07, 6.45) is 4.41. The number of hydrogen-bond acceptors (Lipinski definition) is 4. The average molecular weight is 223 g/mol. The third kappa shape index (κ3) is 2.68. The molecule has 5 heteroatoms. The lowest BCUT2D eigenvalue weighted by molar-refractivity contribution is -0.148. The predicted molar refractivity (Wildman–Crippen MR) is 61.2 cm³/mol. The summed E-state index contributed by atoms with van der Waals surface area (Å²) in [6, 6.07) is 1.72. The topological polar surface area (TPSA) is 75.1 Å². The minimum Gasteiger partial charge on any atom is -0.481 e. The van der Waals surface area contributed by atoms with Gasteiger partial charge in [-0.2, -0.15) is 0 Å². The number of carboxylic acid groups (broad SMARTS) is 1. The largest absolute Gasteiger partial charge is 0.481 e. The molecule has 0 saturated carbocycles. The van der Waals surface area contributed by atoms with Gasteiger partial charge in [-0.3, -0.25) is 4.79 Å². The molecule has 1 heterocycles. The molecule has 5 nitrogen and oxygen atoms in total. The average Bonchev–Trinajstić information content (AvgIpc) is 2.32. The minimum atomic E-state index is -0.777. The minimum absolute atomic E-state index is 0.347. The van der Waals surface area contributed by atoms with Crippen molar-refractivity contribution in [2.45, 2.75) is 26.7 Å². The quantitative estimate of drug-likeness (QED) is 0.768. The fraction of sp³-hybridized carbons (Fsp3) is 0.545. The summed E-state index contributed by atoms with van der Waals surface area (Å²) in [5.74, 6) is -0.309. The van der Waals surface area contributed by atoms with E-state index in [2.05, 4.69) is 15.3 Å². The second-order valence-corrected chi connectivity index (χ2v) is 3.72. The van der Waals surface area contributed by atoms with Gasteiger partial charge in [0.15, 0.2) is 0 Å². The monoisotopic (exact) mass is 223 g/mol. The molecule has 0 fully saturated rings. The van der Waals surface area contributed by atoms with Gasteiger partial charge in [0.1, 0.15) is 0 Å². The highest BCUT2D eigenvalue weighted by atomic mass is 16.4. The maximum Gasteiger partial charge on any atom is 0.311 e. The van der Waals surface area contributed by atoms with Gasteiger partial charge in [0.25, 0.3) is 0 Å². The van der Waals surface area contributed by atoms with Gasteiger partial charge in [0.2, 0.25) is 5.95 Å². The van der Waals surface area contributed by atoms with E-state index in [1.807, 2.05) is 13.8 Å². The normalized spacial score (nSPS) is 11.1. The second kappa shape index (κ2) is 5.44. The van der Waals surface area contributed by atoms with Crippen LogP contribution in [-0.2, 0) is 4.79 Å². The van der Waals surface area contributed by atoms with E-state index in [0.717, 1.165) is 0 Å². The third-order valence-electron chi connectivity index (χ3n) is 2.96. The van der Waals surface area contributed by atoms with E-state index in [0.29, 0.717) is 25.3 Å². The van der Waals surface area contributed by atoms with Crippen molar-refractivity contribution in [1.29, 1.82) is 0 Å². The predicted octanol–water partition coefficient (Wildman–Crippen LogP) is 1.78. The number of rotatable bonds is 6. The number of anilines is 1. The first kappa shape index (κ1) is 12.4. The number of carboxylic acids is 1. The highest BCUT2D eigenvalue weighted by Gasteiger charge is 2.34. The Balaban J connectivity index is 2.67. The molecule has 1 aromatic heterocycles. The zero-order valence-corrected chi connectivity index (χ0v) is 9.60. The second-order valence-electron chi connectivity index (χ2n) is 3.72. The zero-order valence-electron chi connectivity index (χ0n) is 9.60. The number of nitrogens with one attached hydrogen (secondary N) is 1. The maximum absolute atomic E-state index is 11.2. The smallest absolute Gasteiger partial charge is 0.311 e. The summed E-state index contributed by atoms with van der Waals surface area (Å²) in [4.78, 5) is 19.2. The Morgan fingerprint density at radius 2 is 1.94 bits per heavy atom. The zero-order chi connectivity index (χ0) is 12.0. The van der Waals surface area contributed by atoms with Crippen molar-refractivity contribution in [3.63, 3.8) is 0 Å². The van der Waals surface area contributed by atoms with Crippen LogP contribution in [0.2, 0.25) is 0 Å². The van der Waals surface area contributed by atoms with Crippen LogP contribution in [0.15, 0.2) is 18.5 Å². The molecule has 1 rings (SSSR count). The highest BCUT2D eigenvalue weighted by Crippen LogP contribution is 2.26. The molecule has 0 unspecified atom stereocenters. The van der Waals surface area contributed by atoms with Gasteiger partial charge in [-0.15, -0.1) is 0 Å². The van der Waals surface area contributed by atoms with E-state index < -0.39 is 11.4 Å². The van der Waals surface area contributed by atoms with Gasteiger partial charge in [-0.1, -0.05) is 13.8 Å². The van der Waals surface area contributed by atoms with E-state index in [4.69, 9.17) is 0 Å². The van der Waals surface area contributed by atoms with Crippen LogP contribution in [0.3, 0.4) is 0 Å². The molecule has 0 saturated heterocycles. The third-order valence-corrected chi connectivity index (χ3v) is 2.96. The van der Waals surface area contributed by atoms with Crippen molar-refractivity contribution >= 4 is 11.9 Å². The van der Waals surface area contributed by atoms with Crippen LogP contribution < -0.4 is 5.32 Å². The first-order valence-corrected chi connectivity index (χ1v) is 5.39. The lowest BCUT2D eigenvalue weighted by Crippen LogP contribution is -2.37. The maximum atomic E-state index is 11.2. The van der Waals surface area contributed by atoms with Crippen LogP contribution in [0, 0.1) is 5.41 Å². The SMILES string of the molecule is CCC(CC)(CNc1ncccn1)C(=O)O. The van der Waals surface area contributed by atoms with Gasteiger partial charge in [-0.25, -0.2) is 9.97 Å². The van der Waals surface area contributed by atoms with Crippen LogP contribution in [0.5, 0.6) is 0 Å². The Labute approximate surface area is 94.9 Å². The first-order valence-electron chi connectivity index (χ1n) is 5.39. The molecular weight excluding hydrogens is 206 g/mol. The van der Waals surface area contributed by atoms with Gasteiger partial charge >= 0.3 is 5.97 Å². The Morgan fingerprint density at radius 1 is 1.38 bits per heavy atom. The van der Waals surface area contributed by atoms with Gasteiger partial charge in [-0.05, 0) is 18.9 Å². The van der Waals surface area contributed by atoms with Crippen molar-refractivity contribution in [3.8, 4) is 0 Å². The van der Waals surface area contributed by atoms with E-state index in [-0.39, 0.29) is 0 Å². The Kier molecular flexibility index (Phi) is 4.22. The lowest BCUT2D eigenvalue weighted by atomic mass is 9.82. The number of nitrogens with zero attached hydrogens (tertiary/aromatic N) is 2. The molecule has 0 aliphatic carbocycles. The molecule has 16 heavy (non-hydrogen) atoms. The molecule has 0 aliphatic rings. The van der Waals surface area contributed by atoms with Gasteiger partial charge < -0.3 is 10.4 Å². The summed E-state index contributed by atoms with van der Waals surface area (Å²) < 4.78 is 0. The van der Waals surface area contributed by atoms with Gasteiger partial charge in [0, 0.05) is 18.9 Å². The van der Waals surface area contributed by atoms with E-state index in [1.54, 1.807) is 18.5 Å². The van der Waals surface area contributed by atoms with Gasteiger partial charge in [0.05, 0.1) is 5.41 Å². The Hall–Kier alpha value is -1.65. The summed E-state index contributed by atoms with van der Waals surface area (Å²) in [6.45, 7) is 4.11. The molecule has 1 aromatic rings. The number of carbonyl (C=O) groups is 1. The number of aromatic nitrogens is 2. The Morgan fingerprint density at radius 3 is 2.38 bits per heavy atom. The number of hydrogen-bond donors (Lipinski definition) is 2. The van der Waals surface area contributed by atoms with E-state index in [9.17, 15) is 9.90 Å². The van der Waals surface area contributed by atoms with Crippen LogP contribution in [-0.4, -0.2) is 27.6 Å². The molecule has 0 amide bonds. The van der Waals surface area contributed by atoms with E-state index in [1.165, 1.54) is 0 Å². The molecule has 0 radical (unpaired) electrons. The summed E-state index contributed by atoms with van der Waals surface area (Å²) in [5.41, 5.74) is -0.737. The van der Waals surface area contributed by atoms with Crippen molar-refractivity contribution in [2.75, 3.05) is 11.9 Å². The van der Waals surface area contributed by atoms with Crippen LogP contribution in [0.25, 0.3) is 0 Å². The fourth-order valence-electron chi connectivity index (χ4n) is 1.52. The summed E-state index contributed by atoms with van der Waals surface area (Å²) >= 11 is 0. The van der Waals surface area contributed by atoms with Crippen molar-refractivity contribution in [1.82, 2.24) is 9.97 Å². The molecule has 0 bridgehead atoms. The van der Waals surface area contributed by atoms with Crippen LogP contribution >= 0.6 is 0 Å². The highest BCUT2D eigenvalue weighted by molar-refractivity contribution is 5.75. The molecule has 88 valence electrons. The first-order chi connectivity index (χ1) is 7.64. The summed E-state index contributed by atoms with van der Waals surface area (Å²) in [5, 5.41) is 12.2. The van der Waals surface area contributed by atoms with Crippen LogP contribution in [0.1, 0.15) is 26.7 Å². The van der Waals surface area contributed by atoms with Crippen LogP contribution in [0.4, 0.5) is 5.95 Å². The molecule has 0 aliphatic heterocycles. The summed E-state index contributed by atoms with van der Waals surface area (Å²) in [7, 11) is 0. The molecule has 2 N–H and O–H groups in total. The molecule has 0 aromatic carbocycles. The standard InChI is InChI=1S/C11H17N3O2/c1-3-11(4-2,9(15)16)8-14-10-12-6-5-7-13-10/h5-7H,3-4,8H2,1-2H3,(H,15,16)(H,12,13,14). The fourth-order valence-corrected chi connectivity index (χ4v) is 1.52. The van der Waals surface area contributed by atoms with Crippen molar-refractivity contribution in [2.24, 2.45) is 5.41 Å². The van der Waals surface area contributed by atoms with Crippen molar-refractivity contribution < 1.29 is 9.90 Å². The molecule has 0 spiro atoms. The van der Waals surface area contributed by atoms with E-state index >= 15 is 0 Å².